The Labute approximate surface area is 101 Å². The summed E-state index contributed by atoms with van der Waals surface area (Å²) in [5, 5.41) is 19.0. The van der Waals surface area contributed by atoms with Gasteiger partial charge in [-0.05, 0) is 13.3 Å². The predicted molar refractivity (Wildman–Crippen MR) is 55.1 cm³/mol. The maximum atomic E-state index is 12.7. The number of ether oxygens (including phenoxy) is 1. The number of fused-ring (bicyclic) bond motifs is 1. The van der Waals surface area contributed by atoms with Gasteiger partial charge in [0.2, 0.25) is 5.72 Å². The van der Waals surface area contributed by atoms with Crippen LogP contribution < -0.4 is 0 Å². The van der Waals surface area contributed by atoms with Crippen molar-refractivity contribution in [3.05, 3.63) is 0 Å². The average molecular weight is 273 g/mol. The Bertz CT molecular complexity index is 300. The van der Waals surface area contributed by atoms with Crippen molar-refractivity contribution < 1.29 is 28.1 Å². The van der Waals surface area contributed by atoms with E-state index in [-0.39, 0.29) is 18.9 Å². The monoisotopic (exact) mass is 273 g/mol. The Morgan fingerprint density at radius 3 is 2.65 bits per heavy atom. The lowest BCUT2D eigenvalue weighted by Crippen LogP contribution is -2.61. The molecule has 2 saturated heterocycles. The maximum Gasteiger partial charge on any atom is 0.430 e. The number of nitrogens with zero attached hydrogens (tertiary/aromatic N) is 1. The molecule has 2 aliphatic rings. The van der Waals surface area contributed by atoms with Crippen LogP contribution in [0.3, 0.4) is 0 Å². The molecule has 0 spiro atoms. The molecule has 0 aromatic carbocycles. The number of hydrogen-bond acceptors (Lipinski definition) is 5. The summed E-state index contributed by atoms with van der Waals surface area (Å²) in [6.07, 6.45) is -5.32. The molecule has 0 amide bonds. The third-order valence-corrected chi connectivity index (χ3v) is 4.36. The second kappa shape index (κ2) is 4.27. The van der Waals surface area contributed by atoms with Crippen molar-refractivity contribution in [2.75, 3.05) is 12.5 Å². The van der Waals surface area contributed by atoms with E-state index in [0.29, 0.717) is 0 Å². The van der Waals surface area contributed by atoms with Gasteiger partial charge in [0.1, 0.15) is 5.44 Å². The first kappa shape index (κ1) is 13.4. The molecule has 0 radical (unpaired) electrons. The van der Waals surface area contributed by atoms with Gasteiger partial charge in [0, 0.05) is 0 Å². The van der Waals surface area contributed by atoms with E-state index in [1.165, 1.54) is 11.8 Å². The molecular formula is C9H14F3NO3S. The van der Waals surface area contributed by atoms with Gasteiger partial charge in [-0.2, -0.15) is 13.2 Å². The molecule has 0 aromatic rings. The SMILES string of the molecule is CC(O)(N1CSC2OCC(O)CC21)C(F)(F)F. The fourth-order valence-electron chi connectivity index (χ4n) is 2.07. The summed E-state index contributed by atoms with van der Waals surface area (Å²) in [5.41, 5.74) is -3.30. The molecule has 2 rings (SSSR count). The van der Waals surface area contributed by atoms with Gasteiger partial charge in [0.15, 0.2) is 0 Å². The summed E-state index contributed by atoms with van der Waals surface area (Å²) in [6.45, 7) is 0.868. The van der Waals surface area contributed by atoms with E-state index in [1.54, 1.807) is 0 Å². The van der Waals surface area contributed by atoms with Crippen LogP contribution in [0.2, 0.25) is 0 Å². The van der Waals surface area contributed by atoms with Crippen LogP contribution in [0.1, 0.15) is 13.3 Å². The molecule has 2 heterocycles. The Morgan fingerprint density at radius 2 is 2.06 bits per heavy atom. The molecule has 2 N–H and O–H groups in total. The Balaban J connectivity index is 2.17. The van der Waals surface area contributed by atoms with Gasteiger partial charge in [0.25, 0.3) is 0 Å². The predicted octanol–water partition coefficient (Wildman–Crippen LogP) is 0.739. The molecule has 0 aliphatic carbocycles. The van der Waals surface area contributed by atoms with Crippen LogP contribution in [0.5, 0.6) is 0 Å². The first-order chi connectivity index (χ1) is 7.73. The quantitative estimate of drug-likeness (QED) is 0.738. The average Bonchev–Trinajstić information content (AvgIpc) is 2.58. The van der Waals surface area contributed by atoms with Crippen LogP contribution >= 0.6 is 11.8 Å². The number of aliphatic hydroxyl groups is 2. The van der Waals surface area contributed by atoms with E-state index >= 15 is 0 Å². The summed E-state index contributed by atoms with van der Waals surface area (Å²) < 4.78 is 43.5. The summed E-state index contributed by atoms with van der Waals surface area (Å²) in [4.78, 5) is 0.949. The van der Waals surface area contributed by atoms with Gasteiger partial charge in [-0.15, -0.1) is 11.8 Å². The first-order valence-corrected chi connectivity index (χ1v) is 6.25. The molecule has 17 heavy (non-hydrogen) atoms. The zero-order valence-corrected chi connectivity index (χ0v) is 9.96. The lowest BCUT2D eigenvalue weighted by atomic mass is 10.0. The van der Waals surface area contributed by atoms with E-state index in [0.717, 1.165) is 11.8 Å². The molecule has 4 unspecified atom stereocenters. The highest BCUT2D eigenvalue weighted by atomic mass is 32.2. The number of hydrogen-bond donors (Lipinski definition) is 2. The van der Waals surface area contributed by atoms with Crippen LogP contribution in [-0.2, 0) is 4.74 Å². The van der Waals surface area contributed by atoms with Crippen molar-refractivity contribution in [1.82, 2.24) is 4.90 Å². The second-order valence-electron chi connectivity index (χ2n) is 4.44. The zero-order valence-electron chi connectivity index (χ0n) is 9.15. The lowest BCUT2D eigenvalue weighted by Gasteiger charge is -2.41. The van der Waals surface area contributed by atoms with Crippen LogP contribution in [0.25, 0.3) is 0 Å². The Hall–Kier alpha value is -0.0200. The minimum atomic E-state index is -4.73. The minimum Gasteiger partial charge on any atom is -0.391 e. The summed E-state index contributed by atoms with van der Waals surface area (Å²) in [5.74, 6) is 0.0363. The Morgan fingerprint density at radius 1 is 1.41 bits per heavy atom. The lowest BCUT2D eigenvalue weighted by molar-refractivity contribution is -0.314. The van der Waals surface area contributed by atoms with E-state index in [9.17, 15) is 23.4 Å². The van der Waals surface area contributed by atoms with Crippen molar-refractivity contribution >= 4 is 11.8 Å². The van der Waals surface area contributed by atoms with Gasteiger partial charge >= 0.3 is 6.18 Å². The van der Waals surface area contributed by atoms with Crippen LogP contribution in [0.4, 0.5) is 13.2 Å². The van der Waals surface area contributed by atoms with E-state index in [1.807, 2.05) is 0 Å². The molecule has 0 bridgehead atoms. The van der Waals surface area contributed by atoms with Crippen molar-refractivity contribution in [3.8, 4) is 0 Å². The Kier molecular flexibility index (Phi) is 3.37. The normalized spacial score (nSPS) is 38.8. The van der Waals surface area contributed by atoms with Gasteiger partial charge in [0.05, 0.1) is 24.6 Å². The third kappa shape index (κ3) is 2.28. The fraction of sp³-hybridized carbons (Fsp3) is 1.00. The van der Waals surface area contributed by atoms with Crippen LogP contribution in [-0.4, -0.2) is 57.1 Å². The largest absolute Gasteiger partial charge is 0.430 e. The molecule has 0 saturated carbocycles. The number of alkyl halides is 3. The van der Waals surface area contributed by atoms with Gasteiger partial charge in [-0.25, -0.2) is 0 Å². The number of aliphatic hydroxyl groups excluding tert-OH is 1. The molecular weight excluding hydrogens is 259 g/mol. The minimum absolute atomic E-state index is 0.0363. The van der Waals surface area contributed by atoms with Crippen LogP contribution in [0, 0.1) is 0 Å². The molecule has 4 atom stereocenters. The summed E-state index contributed by atoms with van der Waals surface area (Å²) >= 11 is 1.21. The van der Waals surface area contributed by atoms with Crippen molar-refractivity contribution in [2.45, 2.75) is 42.8 Å². The molecule has 0 aromatic heterocycles. The van der Waals surface area contributed by atoms with Crippen molar-refractivity contribution in [2.24, 2.45) is 0 Å². The summed E-state index contributed by atoms with van der Waals surface area (Å²) in [6, 6.07) is -0.611. The van der Waals surface area contributed by atoms with Crippen molar-refractivity contribution in [3.63, 3.8) is 0 Å². The smallest absolute Gasteiger partial charge is 0.391 e. The molecule has 2 aliphatic heterocycles. The zero-order chi connectivity index (χ0) is 12.8. The first-order valence-electron chi connectivity index (χ1n) is 5.20. The van der Waals surface area contributed by atoms with E-state index in [2.05, 4.69) is 0 Å². The van der Waals surface area contributed by atoms with Gasteiger partial charge in [-0.3, -0.25) is 4.90 Å². The molecule has 2 fully saturated rings. The highest BCUT2D eigenvalue weighted by Gasteiger charge is 2.59. The fourth-order valence-corrected chi connectivity index (χ4v) is 3.47. The third-order valence-electron chi connectivity index (χ3n) is 3.16. The maximum absolute atomic E-state index is 12.7. The second-order valence-corrected chi connectivity index (χ2v) is 5.50. The summed E-state index contributed by atoms with van der Waals surface area (Å²) in [7, 11) is 0. The van der Waals surface area contributed by atoms with Gasteiger partial charge < -0.3 is 14.9 Å². The molecule has 8 heteroatoms. The highest BCUT2D eigenvalue weighted by Crippen LogP contribution is 2.44. The molecule has 100 valence electrons. The van der Waals surface area contributed by atoms with Gasteiger partial charge in [-0.1, -0.05) is 0 Å². The van der Waals surface area contributed by atoms with Crippen LogP contribution in [0.15, 0.2) is 0 Å². The number of rotatable bonds is 1. The van der Waals surface area contributed by atoms with Crippen molar-refractivity contribution in [1.29, 1.82) is 0 Å². The van der Waals surface area contributed by atoms with E-state index in [4.69, 9.17) is 4.74 Å². The number of thioether (sulfide) groups is 1. The highest BCUT2D eigenvalue weighted by molar-refractivity contribution is 8.00. The number of halogens is 3. The topological polar surface area (TPSA) is 52.9 Å². The molecule has 4 nitrogen and oxygen atoms in total. The standard InChI is InChI=1S/C9H14F3NO3S/c1-8(15,9(10,11)12)13-4-17-7-6(13)2-5(14)3-16-7/h5-7,14-15H,2-4H2,1H3. The van der Waals surface area contributed by atoms with E-state index < -0.39 is 29.5 Å².